The quantitative estimate of drug-likeness (QED) is 0.552. The number of amides is 1. The van der Waals surface area contributed by atoms with E-state index in [0.717, 1.165) is 25.9 Å². The van der Waals surface area contributed by atoms with E-state index < -0.39 is 18.0 Å². The van der Waals surface area contributed by atoms with Crippen molar-refractivity contribution in [2.45, 2.75) is 19.8 Å². The molecule has 6 nitrogen and oxygen atoms in total. The Morgan fingerprint density at radius 2 is 2.07 bits per heavy atom. The molecule has 0 aromatic heterocycles. The summed E-state index contributed by atoms with van der Waals surface area (Å²) in [5.41, 5.74) is 1.72. The largest absolute Gasteiger partial charge is 0.479 e. The molecule has 15 heavy (non-hydrogen) atoms. The van der Waals surface area contributed by atoms with E-state index in [-0.39, 0.29) is 5.91 Å². The molecule has 1 aliphatic heterocycles. The van der Waals surface area contributed by atoms with Gasteiger partial charge in [0.2, 0.25) is 5.91 Å². The molecule has 1 amide bonds. The van der Waals surface area contributed by atoms with Gasteiger partial charge in [0.15, 0.2) is 6.61 Å². The molecule has 0 spiro atoms. The Morgan fingerprint density at radius 3 is 2.60 bits per heavy atom. The lowest BCUT2D eigenvalue weighted by Gasteiger charge is -2.31. The van der Waals surface area contributed by atoms with Gasteiger partial charge in [0.1, 0.15) is 0 Å². The summed E-state index contributed by atoms with van der Waals surface area (Å²) in [4.78, 5) is 26.4. The van der Waals surface area contributed by atoms with Crippen LogP contribution in [0.4, 0.5) is 0 Å². The number of hydroxylamine groups is 1. The van der Waals surface area contributed by atoms with Crippen molar-refractivity contribution >= 4 is 11.9 Å². The standard InChI is InChI=1S/C9H16N2O4/c1-9(2-4-10-5-3-9)8(14)11-15-6-7(12)13/h10H,2-6H2,1H3,(H,11,14)(H,12,13). The van der Waals surface area contributed by atoms with Crippen LogP contribution in [0.5, 0.6) is 0 Å². The molecule has 1 fully saturated rings. The molecule has 0 radical (unpaired) electrons. The molecule has 0 aliphatic carbocycles. The number of nitrogens with one attached hydrogen (secondary N) is 2. The maximum Gasteiger partial charge on any atom is 0.332 e. The van der Waals surface area contributed by atoms with Gasteiger partial charge in [0.05, 0.1) is 5.41 Å². The van der Waals surface area contributed by atoms with Crippen molar-refractivity contribution in [3.05, 3.63) is 0 Å². The van der Waals surface area contributed by atoms with E-state index in [9.17, 15) is 9.59 Å². The number of hydrogen-bond acceptors (Lipinski definition) is 4. The monoisotopic (exact) mass is 216 g/mol. The third-order valence-corrected chi connectivity index (χ3v) is 2.62. The van der Waals surface area contributed by atoms with Crippen LogP contribution in [0.25, 0.3) is 0 Å². The summed E-state index contributed by atoms with van der Waals surface area (Å²) in [6, 6.07) is 0. The zero-order valence-electron chi connectivity index (χ0n) is 8.71. The number of rotatable bonds is 4. The van der Waals surface area contributed by atoms with Gasteiger partial charge in [-0.05, 0) is 25.9 Å². The van der Waals surface area contributed by atoms with Gasteiger partial charge in [0.25, 0.3) is 0 Å². The van der Waals surface area contributed by atoms with Crippen molar-refractivity contribution in [1.29, 1.82) is 0 Å². The Bertz CT molecular complexity index is 248. The minimum absolute atomic E-state index is 0.245. The minimum atomic E-state index is -1.11. The first-order valence-electron chi connectivity index (χ1n) is 4.89. The lowest BCUT2D eigenvalue weighted by atomic mass is 9.80. The highest BCUT2D eigenvalue weighted by molar-refractivity contribution is 5.81. The molecule has 1 heterocycles. The second kappa shape index (κ2) is 5.09. The molecule has 1 saturated heterocycles. The van der Waals surface area contributed by atoms with Crippen molar-refractivity contribution in [3.63, 3.8) is 0 Å². The molecule has 86 valence electrons. The van der Waals surface area contributed by atoms with Crippen LogP contribution < -0.4 is 10.8 Å². The third kappa shape index (κ3) is 3.49. The second-order valence-electron chi connectivity index (χ2n) is 3.92. The average Bonchev–Trinajstić information content (AvgIpc) is 2.18. The fourth-order valence-electron chi connectivity index (χ4n) is 1.49. The van der Waals surface area contributed by atoms with E-state index in [1.165, 1.54) is 0 Å². The van der Waals surface area contributed by atoms with Crippen molar-refractivity contribution in [1.82, 2.24) is 10.8 Å². The van der Waals surface area contributed by atoms with Crippen LogP contribution in [-0.4, -0.2) is 36.7 Å². The maximum atomic E-state index is 11.6. The van der Waals surface area contributed by atoms with Gasteiger partial charge < -0.3 is 10.4 Å². The second-order valence-corrected chi connectivity index (χ2v) is 3.92. The van der Waals surface area contributed by atoms with Crippen LogP contribution in [0.3, 0.4) is 0 Å². The molecule has 1 aliphatic rings. The first-order valence-corrected chi connectivity index (χ1v) is 4.89. The fourth-order valence-corrected chi connectivity index (χ4v) is 1.49. The molecule has 0 unspecified atom stereocenters. The van der Waals surface area contributed by atoms with Gasteiger partial charge in [0, 0.05) is 0 Å². The summed E-state index contributed by atoms with van der Waals surface area (Å²) in [6.07, 6.45) is 1.46. The number of carbonyl (C=O) groups is 2. The summed E-state index contributed by atoms with van der Waals surface area (Å²) in [7, 11) is 0. The molecular formula is C9H16N2O4. The van der Waals surface area contributed by atoms with Crippen molar-refractivity contribution in [2.24, 2.45) is 5.41 Å². The fraction of sp³-hybridized carbons (Fsp3) is 0.778. The predicted molar refractivity (Wildman–Crippen MR) is 51.9 cm³/mol. The number of aliphatic carboxylic acids is 1. The first-order chi connectivity index (χ1) is 7.04. The van der Waals surface area contributed by atoms with E-state index in [1.54, 1.807) is 0 Å². The van der Waals surface area contributed by atoms with Gasteiger partial charge in [-0.15, -0.1) is 0 Å². The SMILES string of the molecule is CC1(C(=O)NOCC(=O)O)CCNCC1. The Hall–Kier alpha value is -1.14. The summed E-state index contributed by atoms with van der Waals surface area (Å²) < 4.78 is 0. The van der Waals surface area contributed by atoms with Crippen LogP contribution in [-0.2, 0) is 14.4 Å². The number of carboxylic acids is 1. The number of piperidine rings is 1. The van der Waals surface area contributed by atoms with Crippen LogP contribution in [0, 0.1) is 5.41 Å². The Morgan fingerprint density at radius 1 is 1.47 bits per heavy atom. The number of hydrogen-bond donors (Lipinski definition) is 3. The number of carboxylic acid groups (broad SMARTS) is 1. The molecule has 0 bridgehead atoms. The molecule has 3 N–H and O–H groups in total. The van der Waals surface area contributed by atoms with Crippen LogP contribution in [0.15, 0.2) is 0 Å². The van der Waals surface area contributed by atoms with E-state index >= 15 is 0 Å². The normalized spacial score (nSPS) is 19.5. The third-order valence-electron chi connectivity index (χ3n) is 2.62. The van der Waals surface area contributed by atoms with Crippen LogP contribution in [0.2, 0.25) is 0 Å². The van der Waals surface area contributed by atoms with Crippen LogP contribution >= 0.6 is 0 Å². The van der Waals surface area contributed by atoms with Crippen LogP contribution in [0.1, 0.15) is 19.8 Å². The minimum Gasteiger partial charge on any atom is -0.479 e. The maximum absolute atomic E-state index is 11.6. The smallest absolute Gasteiger partial charge is 0.332 e. The molecule has 6 heteroatoms. The molecule has 0 atom stereocenters. The summed E-state index contributed by atoms with van der Waals surface area (Å²) in [5.74, 6) is -1.35. The molecule has 0 aromatic rings. The molecule has 0 aromatic carbocycles. The van der Waals surface area contributed by atoms with E-state index in [0.29, 0.717) is 0 Å². The highest BCUT2D eigenvalue weighted by atomic mass is 16.7. The lowest BCUT2D eigenvalue weighted by molar-refractivity contribution is -0.153. The Labute approximate surface area is 87.9 Å². The number of carbonyl (C=O) groups excluding carboxylic acids is 1. The van der Waals surface area contributed by atoms with Crippen molar-refractivity contribution in [3.8, 4) is 0 Å². The molecule has 1 rings (SSSR count). The molecular weight excluding hydrogens is 200 g/mol. The van der Waals surface area contributed by atoms with Crippen molar-refractivity contribution < 1.29 is 19.5 Å². The lowest BCUT2D eigenvalue weighted by Crippen LogP contribution is -2.46. The Kier molecular flexibility index (Phi) is 4.05. The highest BCUT2D eigenvalue weighted by Crippen LogP contribution is 2.27. The van der Waals surface area contributed by atoms with Crippen molar-refractivity contribution in [2.75, 3.05) is 19.7 Å². The first kappa shape index (κ1) is 11.9. The molecule has 0 saturated carbocycles. The zero-order valence-corrected chi connectivity index (χ0v) is 8.71. The van der Waals surface area contributed by atoms with E-state index in [1.807, 2.05) is 6.92 Å². The summed E-state index contributed by atoms with van der Waals surface area (Å²) >= 11 is 0. The van der Waals surface area contributed by atoms with Gasteiger partial charge >= 0.3 is 5.97 Å². The van der Waals surface area contributed by atoms with Gasteiger partial charge in [-0.25, -0.2) is 10.3 Å². The van der Waals surface area contributed by atoms with Gasteiger partial charge in [-0.2, -0.15) is 0 Å². The highest BCUT2D eigenvalue weighted by Gasteiger charge is 2.34. The van der Waals surface area contributed by atoms with E-state index in [4.69, 9.17) is 5.11 Å². The van der Waals surface area contributed by atoms with E-state index in [2.05, 4.69) is 15.6 Å². The van der Waals surface area contributed by atoms with Gasteiger partial charge in [-0.3, -0.25) is 9.63 Å². The average molecular weight is 216 g/mol. The Balaban J connectivity index is 2.34. The zero-order chi connectivity index (χ0) is 11.3. The van der Waals surface area contributed by atoms with Gasteiger partial charge in [-0.1, -0.05) is 6.92 Å². The topological polar surface area (TPSA) is 87.7 Å². The summed E-state index contributed by atoms with van der Waals surface area (Å²) in [5, 5.41) is 11.5. The summed E-state index contributed by atoms with van der Waals surface area (Å²) in [6.45, 7) is 2.93. The predicted octanol–water partition coefficient (Wildman–Crippen LogP) is -0.491.